The standard InChI is InChI=1S/C14H24N2O3/c1-3-11(16-8-4-5-13(16)18)14(19)15(2)9-12(17)10-6-7-10/h10-12,17H,3-9H2,1-2H3. The van der Waals surface area contributed by atoms with Crippen molar-refractivity contribution in [2.75, 3.05) is 20.1 Å². The number of carbonyl (C=O) groups excluding carboxylic acids is 2. The highest BCUT2D eigenvalue weighted by Gasteiger charge is 2.35. The zero-order chi connectivity index (χ0) is 14.0. The summed E-state index contributed by atoms with van der Waals surface area (Å²) in [4.78, 5) is 27.4. The Morgan fingerprint density at radius 1 is 1.53 bits per heavy atom. The summed E-state index contributed by atoms with van der Waals surface area (Å²) in [6.07, 6.45) is 3.74. The van der Waals surface area contributed by atoms with Crippen molar-refractivity contribution in [1.29, 1.82) is 0 Å². The van der Waals surface area contributed by atoms with Gasteiger partial charge in [-0.05, 0) is 31.6 Å². The number of hydrogen-bond acceptors (Lipinski definition) is 3. The van der Waals surface area contributed by atoms with Crippen LogP contribution < -0.4 is 0 Å². The second kappa shape index (κ2) is 5.90. The average molecular weight is 268 g/mol. The van der Waals surface area contributed by atoms with Gasteiger partial charge in [0, 0.05) is 26.6 Å². The van der Waals surface area contributed by atoms with Crippen molar-refractivity contribution in [3.63, 3.8) is 0 Å². The molecule has 2 atom stereocenters. The summed E-state index contributed by atoms with van der Waals surface area (Å²) < 4.78 is 0. The minimum Gasteiger partial charge on any atom is -0.391 e. The lowest BCUT2D eigenvalue weighted by atomic mass is 10.1. The topological polar surface area (TPSA) is 60.9 Å². The van der Waals surface area contributed by atoms with E-state index in [-0.39, 0.29) is 17.9 Å². The van der Waals surface area contributed by atoms with Gasteiger partial charge in [-0.1, -0.05) is 6.92 Å². The molecule has 1 aliphatic carbocycles. The molecule has 0 radical (unpaired) electrons. The van der Waals surface area contributed by atoms with Crippen LogP contribution in [0.3, 0.4) is 0 Å². The Hall–Kier alpha value is -1.10. The second-order valence-corrected chi connectivity index (χ2v) is 5.74. The fraction of sp³-hybridized carbons (Fsp3) is 0.857. The van der Waals surface area contributed by atoms with Crippen molar-refractivity contribution >= 4 is 11.8 Å². The molecule has 1 saturated heterocycles. The third-order valence-electron chi connectivity index (χ3n) is 4.16. The second-order valence-electron chi connectivity index (χ2n) is 5.74. The maximum atomic E-state index is 12.4. The molecule has 0 bridgehead atoms. The first-order chi connectivity index (χ1) is 9.04. The number of rotatable bonds is 6. The van der Waals surface area contributed by atoms with Crippen LogP contribution in [0.4, 0.5) is 0 Å². The highest BCUT2D eigenvalue weighted by Crippen LogP contribution is 2.32. The molecule has 0 aromatic rings. The number of aliphatic hydroxyl groups is 1. The van der Waals surface area contributed by atoms with Crippen molar-refractivity contribution < 1.29 is 14.7 Å². The molecule has 2 amide bonds. The van der Waals surface area contributed by atoms with Crippen LogP contribution in [0.1, 0.15) is 39.0 Å². The monoisotopic (exact) mass is 268 g/mol. The number of hydrogen-bond donors (Lipinski definition) is 1. The zero-order valence-electron chi connectivity index (χ0n) is 11.8. The number of aliphatic hydroxyl groups excluding tert-OH is 1. The Kier molecular flexibility index (Phi) is 4.45. The van der Waals surface area contributed by atoms with Gasteiger partial charge in [0.1, 0.15) is 6.04 Å². The lowest BCUT2D eigenvalue weighted by Gasteiger charge is -2.30. The summed E-state index contributed by atoms with van der Waals surface area (Å²) in [7, 11) is 1.72. The number of carbonyl (C=O) groups is 2. The van der Waals surface area contributed by atoms with Crippen LogP contribution in [0.15, 0.2) is 0 Å². The summed E-state index contributed by atoms with van der Waals surface area (Å²) in [5.41, 5.74) is 0. The van der Waals surface area contributed by atoms with Crippen molar-refractivity contribution in [2.45, 2.75) is 51.2 Å². The molecule has 108 valence electrons. The lowest BCUT2D eigenvalue weighted by molar-refractivity contribution is -0.143. The van der Waals surface area contributed by atoms with Crippen LogP contribution in [0.25, 0.3) is 0 Å². The maximum absolute atomic E-state index is 12.4. The fourth-order valence-electron chi connectivity index (χ4n) is 2.78. The highest BCUT2D eigenvalue weighted by molar-refractivity contribution is 5.88. The average Bonchev–Trinajstić information content (AvgIpc) is 3.15. The van der Waals surface area contributed by atoms with E-state index in [2.05, 4.69) is 0 Å². The smallest absolute Gasteiger partial charge is 0.245 e. The van der Waals surface area contributed by atoms with Gasteiger partial charge in [-0.2, -0.15) is 0 Å². The van der Waals surface area contributed by atoms with E-state index in [9.17, 15) is 14.7 Å². The first-order valence-corrected chi connectivity index (χ1v) is 7.27. The Labute approximate surface area is 114 Å². The number of amides is 2. The molecule has 1 saturated carbocycles. The van der Waals surface area contributed by atoms with E-state index >= 15 is 0 Å². The van der Waals surface area contributed by atoms with Gasteiger partial charge in [0.15, 0.2) is 0 Å². The van der Waals surface area contributed by atoms with Gasteiger partial charge in [0.25, 0.3) is 0 Å². The molecule has 1 heterocycles. The van der Waals surface area contributed by atoms with Gasteiger partial charge in [-0.3, -0.25) is 9.59 Å². The van der Waals surface area contributed by atoms with Crippen LogP contribution in [0, 0.1) is 5.92 Å². The van der Waals surface area contributed by atoms with Crippen LogP contribution in [-0.2, 0) is 9.59 Å². The fourth-order valence-corrected chi connectivity index (χ4v) is 2.78. The summed E-state index contributed by atoms with van der Waals surface area (Å²) in [5, 5.41) is 9.91. The third kappa shape index (κ3) is 3.26. The van der Waals surface area contributed by atoms with Crippen LogP contribution in [0.5, 0.6) is 0 Å². The van der Waals surface area contributed by atoms with Crippen molar-refractivity contribution in [1.82, 2.24) is 9.80 Å². The minimum absolute atomic E-state index is 0.0440. The molecule has 1 N–H and O–H groups in total. The van der Waals surface area contributed by atoms with Crippen molar-refractivity contribution in [3.8, 4) is 0 Å². The van der Waals surface area contributed by atoms with Gasteiger partial charge in [-0.25, -0.2) is 0 Å². The summed E-state index contributed by atoms with van der Waals surface area (Å²) in [6.45, 7) is 2.99. The first kappa shape index (κ1) is 14.3. The number of likely N-dealkylation sites (tertiary alicyclic amines) is 1. The van der Waals surface area contributed by atoms with Crippen LogP contribution in [-0.4, -0.2) is 59.0 Å². The molecule has 0 aromatic carbocycles. The molecule has 2 rings (SSSR count). The van der Waals surface area contributed by atoms with E-state index in [4.69, 9.17) is 0 Å². The molecule has 19 heavy (non-hydrogen) atoms. The highest BCUT2D eigenvalue weighted by atomic mass is 16.3. The lowest BCUT2D eigenvalue weighted by Crippen LogP contribution is -2.49. The molecule has 5 heteroatoms. The first-order valence-electron chi connectivity index (χ1n) is 7.27. The van der Waals surface area contributed by atoms with Gasteiger partial charge < -0.3 is 14.9 Å². The Balaban J connectivity index is 1.92. The van der Waals surface area contributed by atoms with Gasteiger partial charge in [0.2, 0.25) is 11.8 Å². The predicted octanol–water partition coefficient (Wildman–Crippen LogP) is 0.617. The molecule has 1 aliphatic heterocycles. The van der Waals surface area contributed by atoms with E-state index in [1.807, 2.05) is 6.92 Å². The van der Waals surface area contributed by atoms with E-state index in [0.717, 1.165) is 19.3 Å². The van der Waals surface area contributed by atoms with Gasteiger partial charge in [0.05, 0.1) is 6.10 Å². The van der Waals surface area contributed by atoms with E-state index < -0.39 is 6.10 Å². The van der Waals surface area contributed by atoms with E-state index in [1.165, 1.54) is 0 Å². The Morgan fingerprint density at radius 2 is 2.21 bits per heavy atom. The summed E-state index contributed by atoms with van der Waals surface area (Å²) in [5.74, 6) is 0.400. The molecule has 2 aliphatic rings. The molecule has 2 fully saturated rings. The SMILES string of the molecule is CCC(C(=O)N(C)CC(O)C1CC1)N1CCCC1=O. The Morgan fingerprint density at radius 3 is 2.68 bits per heavy atom. The van der Waals surface area contributed by atoms with E-state index in [1.54, 1.807) is 16.8 Å². The Bertz CT molecular complexity index is 355. The quantitative estimate of drug-likeness (QED) is 0.768. The van der Waals surface area contributed by atoms with Crippen molar-refractivity contribution in [2.24, 2.45) is 5.92 Å². The van der Waals surface area contributed by atoms with E-state index in [0.29, 0.717) is 31.8 Å². The maximum Gasteiger partial charge on any atom is 0.245 e. The normalized spacial score (nSPS) is 22.5. The third-order valence-corrected chi connectivity index (χ3v) is 4.16. The predicted molar refractivity (Wildman–Crippen MR) is 71.4 cm³/mol. The van der Waals surface area contributed by atoms with Gasteiger partial charge >= 0.3 is 0 Å². The summed E-state index contributed by atoms with van der Waals surface area (Å²) >= 11 is 0. The molecular formula is C14H24N2O3. The largest absolute Gasteiger partial charge is 0.391 e. The summed E-state index contributed by atoms with van der Waals surface area (Å²) in [6, 6.07) is -0.355. The molecule has 0 spiro atoms. The zero-order valence-corrected chi connectivity index (χ0v) is 11.8. The molecular weight excluding hydrogens is 244 g/mol. The molecule has 0 aromatic heterocycles. The number of likely N-dealkylation sites (N-methyl/N-ethyl adjacent to an activating group) is 1. The number of nitrogens with zero attached hydrogens (tertiary/aromatic N) is 2. The molecule has 5 nitrogen and oxygen atoms in total. The van der Waals surface area contributed by atoms with Crippen molar-refractivity contribution in [3.05, 3.63) is 0 Å². The molecule has 2 unspecified atom stereocenters. The van der Waals surface area contributed by atoms with Gasteiger partial charge in [-0.15, -0.1) is 0 Å². The van der Waals surface area contributed by atoms with Crippen LogP contribution in [0.2, 0.25) is 0 Å². The van der Waals surface area contributed by atoms with Crippen LogP contribution >= 0.6 is 0 Å². The minimum atomic E-state index is -0.416.